The van der Waals surface area contributed by atoms with Crippen LogP contribution in [0.5, 0.6) is 0 Å². The van der Waals surface area contributed by atoms with E-state index in [1.54, 1.807) is 0 Å². The Balaban J connectivity index is 1.45. The summed E-state index contributed by atoms with van der Waals surface area (Å²) in [5, 5.41) is 8.84. The number of aromatic nitrogens is 4. The third kappa shape index (κ3) is 2.28. The number of hydrogen-bond donors (Lipinski definition) is 1. The van der Waals surface area contributed by atoms with E-state index in [-0.39, 0.29) is 0 Å². The van der Waals surface area contributed by atoms with Gasteiger partial charge in [-0.25, -0.2) is 9.97 Å². The first-order valence-corrected chi connectivity index (χ1v) is 8.11. The summed E-state index contributed by atoms with van der Waals surface area (Å²) in [7, 11) is 1.92. The molecule has 2 aromatic heterocycles. The summed E-state index contributed by atoms with van der Waals surface area (Å²) in [5.74, 6) is 4.71. The lowest BCUT2D eigenvalue weighted by Gasteiger charge is -2.21. The third-order valence-electron chi connectivity index (χ3n) is 5.40. The number of nitrogens with one attached hydrogen (secondary N) is 1. The van der Waals surface area contributed by atoms with Gasteiger partial charge in [0.1, 0.15) is 11.6 Å². The van der Waals surface area contributed by atoms with Crippen LogP contribution in [0.1, 0.15) is 37.9 Å². The molecule has 0 saturated heterocycles. The monoisotopic (exact) mass is 285 g/mol. The second kappa shape index (κ2) is 4.97. The average molecular weight is 285 g/mol. The van der Waals surface area contributed by atoms with E-state index in [4.69, 9.17) is 0 Å². The molecule has 0 spiro atoms. The minimum atomic E-state index is 0.800. The van der Waals surface area contributed by atoms with E-state index < -0.39 is 0 Å². The van der Waals surface area contributed by atoms with E-state index in [2.05, 4.69) is 20.4 Å². The molecule has 0 aromatic carbocycles. The van der Waals surface area contributed by atoms with Gasteiger partial charge in [0.15, 0.2) is 5.65 Å². The van der Waals surface area contributed by atoms with E-state index >= 15 is 0 Å². The molecule has 5 heteroatoms. The van der Waals surface area contributed by atoms with Crippen molar-refractivity contribution in [1.29, 1.82) is 0 Å². The highest BCUT2D eigenvalue weighted by Crippen LogP contribution is 2.49. The van der Waals surface area contributed by atoms with Crippen molar-refractivity contribution in [2.75, 3.05) is 11.9 Å². The maximum absolute atomic E-state index is 4.55. The predicted molar refractivity (Wildman–Crippen MR) is 83.1 cm³/mol. The highest BCUT2D eigenvalue weighted by molar-refractivity contribution is 5.86. The lowest BCUT2D eigenvalue weighted by atomic mass is 9.86. The van der Waals surface area contributed by atoms with Crippen molar-refractivity contribution in [3.63, 3.8) is 0 Å². The quantitative estimate of drug-likeness (QED) is 0.938. The van der Waals surface area contributed by atoms with Gasteiger partial charge < -0.3 is 5.32 Å². The second-order valence-electron chi connectivity index (χ2n) is 6.78. The van der Waals surface area contributed by atoms with Gasteiger partial charge in [0.05, 0.1) is 11.6 Å². The summed E-state index contributed by atoms with van der Waals surface area (Å²) in [4.78, 5) is 9.01. The molecule has 2 aliphatic rings. The van der Waals surface area contributed by atoms with E-state index in [1.165, 1.54) is 32.1 Å². The van der Waals surface area contributed by atoms with Crippen molar-refractivity contribution in [3.8, 4) is 0 Å². The topological polar surface area (TPSA) is 55.6 Å². The average Bonchev–Trinajstić information content (AvgIpc) is 3.15. The smallest absolute Gasteiger partial charge is 0.163 e. The zero-order valence-corrected chi connectivity index (χ0v) is 12.8. The molecule has 4 rings (SSSR count). The first-order valence-electron chi connectivity index (χ1n) is 8.11. The first kappa shape index (κ1) is 13.0. The summed E-state index contributed by atoms with van der Waals surface area (Å²) >= 11 is 0. The van der Waals surface area contributed by atoms with Gasteiger partial charge in [-0.15, -0.1) is 0 Å². The molecule has 2 heterocycles. The molecule has 2 bridgehead atoms. The summed E-state index contributed by atoms with van der Waals surface area (Å²) in [6.07, 6.45) is 9.02. The summed E-state index contributed by atoms with van der Waals surface area (Å²) in [6.45, 7) is 2.95. The number of aryl methyl sites for hydroxylation is 2. The maximum Gasteiger partial charge on any atom is 0.163 e. The number of nitrogens with zero attached hydrogens (tertiary/aromatic N) is 4. The fourth-order valence-corrected chi connectivity index (χ4v) is 4.37. The predicted octanol–water partition coefficient (Wildman–Crippen LogP) is 2.91. The fraction of sp³-hybridized carbons (Fsp3) is 0.688. The Kier molecular flexibility index (Phi) is 3.08. The van der Waals surface area contributed by atoms with Crippen molar-refractivity contribution in [3.05, 3.63) is 12.0 Å². The van der Waals surface area contributed by atoms with Gasteiger partial charge in [0, 0.05) is 13.6 Å². The van der Waals surface area contributed by atoms with Crippen LogP contribution in [0.4, 0.5) is 5.82 Å². The Morgan fingerprint density at radius 2 is 2.19 bits per heavy atom. The van der Waals surface area contributed by atoms with Crippen LogP contribution in [0.2, 0.25) is 0 Å². The minimum absolute atomic E-state index is 0.800. The van der Waals surface area contributed by atoms with Crippen LogP contribution in [0.3, 0.4) is 0 Å². The van der Waals surface area contributed by atoms with Crippen molar-refractivity contribution in [1.82, 2.24) is 19.7 Å². The van der Waals surface area contributed by atoms with Gasteiger partial charge in [-0.1, -0.05) is 6.42 Å². The Hall–Kier alpha value is -1.65. The largest absolute Gasteiger partial charge is 0.369 e. The number of fused-ring (bicyclic) bond motifs is 3. The molecule has 1 N–H and O–H groups in total. The molecule has 2 saturated carbocycles. The molecule has 2 aromatic rings. The van der Waals surface area contributed by atoms with E-state index in [1.807, 2.05) is 24.9 Å². The molecule has 5 nitrogen and oxygen atoms in total. The molecule has 0 aliphatic heterocycles. The minimum Gasteiger partial charge on any atom is -0.369 e. The molecule has 3 atom stereocenters. The van der Waals surface area contributed by atoms with Gasteiger partial charge in [0.2, 0.25) is 0 Å². The van der Waals surface area contributed by atoms with Gasteiger partial charge >= 0.3 is 0 Å². The van der Waals surface area contributed by atoms with Crippen LogP contribution in [-0.2, 0) is 7.05 Å². The standard InChI is InChI=1S/C16H23N5/c1-10-19-15(14-9-18-21(2)16(14)20-10)17-6-5-13-8-11-3-4-12(13)7-11/h9,11-13H,3-8H2,1-2H3,(H,17,19,20). The lowest BCUT2D eigenvalue weighted by molar-refractivity contribution is 0.321. The van der Waals surface area contributed by atoms with Crippen LogP contribution in [0.15, 0.2) is 6.20 Å². The number of hydrogen-bond acceptors (Lipinski definition) is 4. The van der Waals surface area contributed by atoms with Crippen molar-refractivity contribution < 1.29 is 0 Å². The van der Waals surface area contributed by atoms with E-state index in [0.29, 0.717) is 0 Å². The number of anilines is 1. The molecule has 0 amide bonds. The van der Waals surface area contributed by atoms with Crippen LogP contribution in [-0.4, -0.2) is 26.3 Å². The van der Waals surface area contributed by atoms with Gasteiger partial charge in [-0.05, 0) is 50.4 Å². The van der Waals surface area contributed by atoms with Crippen molar-refractivity contribution in [2.24, 2.45) is 24.8 Å². The maximum atomic E-state index is 4.55. The summed E-state index contributed by atoms with van der Waals surface area (Å²) in [6, 6.07) is 0. The van der Waals surface area contributed by atoms with E-state index in [0.717, 1.165) is 47.0 Å². The third-order valence-corrected chi connectivity index (χ3v) is 5.40. The van der Waals surface area contributed by atoms with Gasteiger partial charge in [-0.2, -0.15) is 5.10 Å². The Morgan fingerprint density at radius 3 is 2.95 bits per heavy atom. The highest BCUT2D eigenvalue weighted by Gasteiger charge is 2.38. The lowest BCUT2D eigenvalue weighted by Crippen LogP contribution is -2.15. The van der Waals surface area contributed by atoms with Crippen molar-refractivity contribution >= 4 is 16.9 Å². The van der Waals surface area contributed by atoms with Crippen LogP contribution in [0, 0.1) is 24.7 Å². The Bertz CT molecular complexity index is 662. The van der Waals surface area contributed by atoms with E-state index in [9.17, 15) is 0 Å². The highest BCUT2D eigenvalue weighted by atomic mass is 15.3. The zero-order chi connectivity index (χ0) is 14.4. The molecule has 2 aliphatic carbocycles. The molecule has 0 radical (unpaired) electrons. The molecule has 112 valence electrons. The summed E-state index contributed by atoms with van der Waals surface area (Å²) in [5.41, 5.74) is 0.907. The van der Waals surface area contributed by atoms with Gasteiger partial charge in [-0.3, -0.25) is 4.68 Å². The molecular formula is C16H23N5. The number of rotatable bonds is 4. The first-order chi connectivity index (χ1) is 10.2. The Labute approximate surface area is 125 Å². The molecule has 21 heavy (non-hydrogen) atoms. The zero-order valence-electron chi connectivity index (χ0n) is 12.8. The van der Waals surface area contributed by atoms with Crippen LogP contribution < -0.4 is 5.32 Å². The molecule has 2 fully saturated rings. The van der Waals surface area contributed by atoms with Crippen LogP contribution in [0.25, 0.3) is 11.0 Å². The van der Waals surface area contributed by atoms with Crippen molar-refractivity contribution in [2.45, 2.75) is 39.0 Å². The summed E-state index contributed by atoms with van der Waals surface area (Å²) < 4.78 is 1.81. The van der Waals surface area contributed by atoms with Crippen LogP contribution >= 0.6 is 0 Å². The SMILES string of the molecule is Cc1nc(NCCC2CC3CCC2C3)c2cnn(C)c2n1. The normalized spacial score (nSPS) is 27.6. The Morgan fingerprint density at radius 1 is 1.29 bits per heavy atom. The molecule has 3 unspecified atom stereocenters. The molecular weight excluding hydrogens is 262 g/mol. The second-order valence-corrected chi connectivity index (χ2v) is 6.78. The fourth-order valence-electron chi connectivity index (χ4n) is 4.37. The van der Waals surface area contributed by atoms with Gasteiger partial charge in [0.25, 0.3) is 0 Å².